The summed E-state index contributed by atoms with van der Waals surface area (Å²) in [4.78, 5) is 0. The van der Waals surface area contributed by atoms with E-state index in [9.17, 15) is 8.42 Å². The summed E-state index contributed by atoms with van der Waals surface area (Å²) in [6.07, 6.45) is 5.92. The van der Waals surface area contributed by atoms with Crippen LogP contribution in [0.2, 0.25) is 0 Å². The molecule has 16 heavy (non-hydrogen) atoms. The highest BCUT2D eigenvalue weighted by atomic mass is 32.2. The smallest absolute Gasteiger partial charge is 0.209 e. The molecule has 1 atom stereocenters. The highest BCUT2D eigenvalue weighted by Crippen LogP contribution is 2.24. The van der Waals surface area contributed by atoms with Crippen molar-refractivity contribution in [1.29, 1.82) is 0 Å². The van der Waals surface area contributed by atoms with E-state index in [0.29, 0.717) is 12.5 Å². The van der Waals surface area contributed by atoms with Crippen LogP contribution in [0.5, 0.6) is 0 Å². The summed E-state index contributed by atoms with van der Waals surface area (Å²) in [5.41, 5.74) is 0. The molecule has 1 fully saturated rings. The molecule has 0 amide bonds. The molecule has 0 bridgehead atoms. The maximum Gasteiger partial charge on any atom is 0.209 e. The van der Waals surface area contributed by atoms with E-state index in [4.69, 9.17) is 9.88 Å². The SMILES string of the molecule is CCC(COCC1CCCC1)CS(N)(=O)=O. The van der Waals surface area contributed by atoms with E-state index in [0.717, 1.165) is 13.0 Å². The molecule has 1 rings (SSSR count). The lowest BCUT2D eigenvalue weighted by molar-refractivity contribution is 0.0768. The normalized spacial score (nSPS) is 20.1. The van der Waals surface area contributed by atoms with Gasteiger partial charge in [0.2, 0.25) is 10.0 Å². The fourth-order valence-electron chi connectivity index (χ4n) is 2.19. The fourth-order valence-corrected chi connectivity index (χ4v) is 3.18. The van der Waals surface area contributed by atoms with Gasteiger partial charge >= 0.3 is 0 Å². The van der Waals surface area contributed by atoms with Gasteiger partial charge in [-0.1, -0.05) is 26.2 Å². The molecule has 0 aliphatic heterocycles. The summed E-state index contributed by atoms with van der Waals surface area (Å²) in [6.45, 7) is 3.26. The third-order valence-electron chi connectivity index (χ3n) is 3.23. The number of primary sulfonamides is 1. The Balaban J connectivity index is 2.18. The van der Waals surface area contributed by atoms with E-state index in [1.165, 1.54) is 25.7 Å². The zero-order chi connectivity index (χ0) is 12.0. The van der Waals surface area contributed by atoms with E-state index in [1.807, 2.05) is 6.92 Å². The van der Waals surface area contributed by atoms with Crippen molar-refractivity contribution in [2.45, 2.75) is 39.0 Å². The molecule has 1 aliphatic rings. The molecule has 1 saturated carbocycles. The van der Waals surface area contributed by atoms with E-state index >= 15 is 0 Å². The van der Waals surface area contributed by atoms with Gasteiger partial charge in [0.1, 0.15) is 0 Å². The molecule has 0 aromatic carbocycles. The number of sulfonamides is 1. The van der Waals surface area contributed by atoms with Gasteiger partial charge in [-0.05, 0) is 24.7 Å². The second-order valence-electron chi connectivity index (χ2n) is 4.79. The Kier molecular flexibility index (Phi) is 5.72. The van der Waals surface area contributed by atoms with Crippen LogP contribution in [0.3, 0.4) is 0 Å². The quantitative estimate of drug-likeness (QED) is 0.743. The minimum atomic E-state index is -3.36. The summed E-state index contributed by atoms with van der Waals surface area (Å²) >= 11 is 0. The first-order valence-corrected chi connectivity index (χ1v) is 7.81. The zero-order valence-electron chi connectivity index (χ0n) is 10.0. The molecule has 0 heterocycles. The highest BCUT2D eigenvalue weighted by molar-refractivity contribution is 7.89. The standard InChI is InChI=1S/C11H23NO3S/c1-2-10(9-16(12,13)14)7-15-8-11-5-3-4-6-11/h10-11H,2-9H2,1H3,(H2,12,13,14). The predicted octanol–water partition coefficient (Wildman–Crippen LogP) is 1.51. The number of hydrogen-bond donors (Lipinski definition) is 1. The van der Waals surface area contributed by atoms with Crippen molar-refractivity contribution in [3.63, 3.8) is 0 Å². The number of nitrogens with two attached hydrogens (primary N) is 1. The van der Waals surface area contributed by atoms with Crippen LogP contribution in [0.15, 0.2) is 0 Å². The second kappa shape index (κ2) is 6.57. The molecule has 2 N–H and O–H groups in total. The minimum absolute atomic E-state index is 0.0359. The van der Waals surface area contributed by atoms with E-state index in [1.54, 1.807) is 0 Å². The van der Waals surface area contributed by atoms with Gasteiger partial charge in [0.05, 0.1) is 12.4 Å². The lowest BCUT2D eigenvalue weighted by Crippen LogP contribution is -2.26. The number of ether oxygens (including phenoxy) is 1. The van der Waals surface area contributed by atoms with Gasteiger partial charge in [0, 0.05) is 6.61 Å². The highest BCUT2D eigenvalue weighted by Gasteiger charge is 2.17. The molecule has 0 aromatic heterocycles. The lowest BCUT2D eigenvalue weighted by Gasteiger charge is -2.15. The molecule has 0 radical (unpaired) electrons. The van der Waals surface area contributed by atoms with Crippen molar-refractivity contribution in [3.8, 4) is 0 Å². The molecular formula is C11H23NO3S. The topological polar surface area (TPSA) is 69.4 Å². The molecule has 0 spiro atoms. The minimum Gasteiger partial charge on any atom is -0.381 e. The Morgan fingerprint density at radius 2 is 2.00 bits per heavy atom. The van der Waals surface area contributed by atoms with Crippen LogP contribution in [-0.2, 0) is 14.8 Å². The van der Waals surface area contributed by atoms with Gasteiger partial charge in [0.15, 0.2) is 0 Å². The molecule has 0 saturated heterocycles. The van der Waals surface area contributed by atoms with Gasteiger partial charge < -0.3 is 4.74 Å². The largest absolute Gasteiger partial charge is 0.381 e. The second-order valence-corrected chi connectivity index (χ2v) is 6.45. The number of hydrogen-bond acceptors (Lipinski definition) is 3. The van der Waals surface area contributed by atoms with Crippen LogP contribution < -0.4 is 5.14 Å². The summed E-state index contributed by atoms with van der Waals surface area (Å²) < 4.78 is 27.5. The fraction of sp³-hybridized carbons (Fsp3) is 1.00. The molecular weight excluding hydrogens is 226 g/mol. The van der Waals surface area contributed by atoms with E-state index < -0.39 is 10.0 Å². The van der Waals surface area contributed by atoms with Crippen molar-refractivity contribution in [3.05, 3.63) is 0 Å². The van der Waals surface area contributed by atoms with Crippen LogP contribution in [0.25, 0.3) is 0 Å². The first kappa shape index (κ1) is 13.9. The van der Waals surface area contributed by atoms with Gasteiger partial charge in [0.25, 0.3) is 0 Å². The predicted molar refractivity (Wildman–Crippen MR) is 64.5 cm³/mol. The van der Waals surface area contributed by atoms with Crippen molar-refractivity contribution in [2.75, 3.05) is 19.0 Å². The van der Waals surface area contributed by atoms with E-state index in [-0.39, 0.29) is 11.7 Å². The maximum absolute atomic E-state index is 10.9. The van der Waals surface area contributed by atoms with Crippen LogP contribution >= 0.6 is 0 Å². The Morgan fingerprint density at radius 1 is 1.38 bits per heavy atom. The van der Waals surface area contributed by atoms with Crippen molar-refractivity contribution < 1.29 is 13.2 Å². The van der Waals surface area contributed by atoms with Crippen LogP contribution in [0.4, 0.5) is 0 Å². The third-order valence-corrected chi connectivity index (χ3v) is 4.16. The van der Waals surface area contributed by atoms with Gasteiger partial charge in [-0.2, -0.15) is 0 Å². The van der Waals surface area contributed by atoms with Crippen LogP contribution in [0.1, 0.15) is 39.0 Å². The monoisotopic (exact) mass is 249 g/mol. The molecule has 5 heteroatoms. The molecule has 1 aliphatic carbocycles. The average Bonchev–Trinajstić information content (AvgIpc) is 2.67. The Morgan fingerprint density at radius 3 is 2.50 bits per heavy atom. The Bertz CT molecular complexity index is 284. The molecule has 4 nitrogen and oxygen atoms in total. The van der Waals surface area contributed by atoms with Crippen molar-refractivity contribution in [2.24, 2.45) is 17.0 Å². The summed E-state index contributed by atoms with van der Waals surface area (Å²) in [5, 5.41) is 5.02. The molecule has 96 valence electrons. The van der Waals surface area contributed by atoms with Crippen LogP contribution in [-0.4, -0.2) is 27.4 Å². The number of rotatable bonds is 7. The van der Waals surface area contributed by atoms with Crippen LogP contribution in [0, 0.1) is 11.8 Å². The summed E-state index contributed by atoms with van der Waals surface area (Å²) in [5.74, 6) is 0.761. The summed E-state index contributed by atoms with van der Waals surface area (Å²) in [6, 6.07) is 0. The maximum atomic E-state index is 10.9. The Hall–Kier alpha value is -0.130. The van der Waals surface area contributed by atoms with Crippen molar-refractivity contribution in [1.82, 2.24) is 0 Å². The van der Waals surface area contributed by atoms with Gasteiger partial charge in [-0.25, -0.2) is 13.6 Å². The average molecular weight is 249 g/mol. The van der Waals surface area contributed by atoms with E-state index in [2.05, 4.69) is 0 Å². The third kappa shape index (κ3) is 5.82. The van der Waals surface area contributed by atoms with Gasteiger partial charge in [-0.15, -0.1) is 0 Å². The molecule has 1 unspecified atom stereocenters. The Labute approximate surface area is 98.6 Å². The first-order valence-electron chi connectivity index (χ1n) is 6.09. The zero-order valence-corrected chi connectivity index (χ0v) is 10.8. The van der Waals surface area contributed by atoms with Crippen molar-refractivity contribution >= 4 is 10.0 Å². The molecule has 0 aromatic rings. The first-order chi connectivity index (χ1) is 7.51. The van der Waals surface area contributed by atoms with Gasteiger partial charge in [-0.3, -0.25) is 0 Å². The lowest BCUT2D eigenvalue weighted by atomic mass is 10.1. The summed E-state index contributed by atoms with van der Waals surface area (Å²) in [7, 11) is -3.36.